The maximum atomic E-state index is 9.24. The fraction of sp³-hybridized carbons (Fsp3) is 0.474. The number of rotatable bonds is 7. The van der Waals surface area contributed by atoms with Gasteiger partial charge in [0.15, 0.2) is 0 Å². The molecule has 0 fully saturated rings. The maximum absolute atomic E-state index is 9.24. The van der Waals surface area contributed by atoms with Crippen LogP contribution < -0.4 is 5.32 Å². The highest BCUT2D eigenvalue weighted by Crippen LogP contribution is 2.22. The van der Waals surface area contributed by atoms with Gasteiger partial charge in [-0.15, -0.1) is 0 Å². The third-order valence-corrected chi connectivity index (χ3v) is 4.46. The van der Waals surface area contributed by atoms with Gasteiger partial charge in [-0.25, -0.2) is 4.68 Å². The highest BCUT2D eigenvalue weighted by Gasteiger charge is 2.19. The number of benzene rings is 1. The quantitative estimate of drug-likeness (QED) is 0.820. The van der Waals surface area contributed by atoms with E-state index in [1.165, 1.54) is 0 Å². The zero-order chi connectivity index (χ0) is 17.7. The van der Waals surface area contributed by atoms with E-state index in [4.69, 9.17) is 5.26 Å². The summed E-state index contributed by atoms with van der Waals surface area (Å²) in [5, 5.41) is 26.3. The third kappa shape index (κ3) is 4.02. The minimum atomic E-state index is 0.149. The number of hydrogen-bond acceptors (Lipinski definition) is 4. The highest BCUT2D eigenvalue weighted by molar-refractivity contribution is 5.41. The molecule has 1 aromatic heterocycles. The smallest absolute Gasteiger partial charge is 0.0991 e. The van der Waals surface area contributed by atoms with Crippen molar-refractivity contribution in [2.45, 2.75) is 46.2 Å². The fourth-order valence-electron chi connectivity index (χ4n) is 2.94. The van der Waals surface area contributed by atoms with Crippen molar-refractivity contribution in [3.63, 3.8) is 0 Å². The van der Waals surface area contributed by atoms with Crippen molar-refractivity contribution >= 4 is 0 Å². The number of aliphatic hydroxyl groups is 1. The summed E-state index contributed by atoms with van der Waals surface area (Å²) in [6, 6.07) is 9.95. The van der Waals surface area contributed by atoms with Crippen LogP contribution in [0.4, 0.5) is 0 Å². The second-order valence-corrected chi connectivity index (χ2v) is 6.51. The Morgan fingerprint density at radius 3 is 2.46 bits per heavy atom. The van der Waals surface area contributed by atoms with Crippen molar-refractivity contribution in [2.75, 3.05) is 6.61 Å². The molecule has 0 saturated heterocycles. The summed E-state index contributed by atoms with van der Waals surface area (Å²) in [7, 11) is 0. The van der Waals surface area contributed by atoms with E-state index in [-0.39, 0.29) is 18.7 Å². The molecule has 2 unspecified atom stereocenters. The van der Waals surface area contributed by atoms with E-state index in [2.05, 4.69) is 44.2 Å². The van der Waals surface area contributed by atoms with E-state index >= 15 is 0 Å². The SMILES string of the molecule is Cc1c(C(C)NC(CCO)C(C)C)cnn1-c1ccc(C#N)cc1. The molecule has 2 rings (SSSR count). The van der Waals surface area contributed by atoms with E-state index in [9.17, 15) is 5.11 Å². The van der Waals surface area contributed by atoms with Crippen LogP contribution in [0.3, 0.4) is 0 Å². The van der Waals surface area contributed by atoms with Crippen molar-refractivity contribution in [3.05, 3.63) is 47.3 Å². The van der Waals surface area contributed by atoms with Gasteiger partial charge in [0.2, 0.25) is 0 Å². The Morgan fingerprint density at radius 1 is 1.25 bits per heavy atom. The van der Waals surface area contributed by atoms with Crippen LogP contribution in [-0.4, -0.2) is 27.5 Å². The summed E-state index contributed by atoms with van der Waals surface area (Å²) in [4.78, 5) is 0. The van der Waals surface area contributed by atoms with Gasteiger partial charge in [0.05, 0.1) is 23.5 Å². The first-order chi connectivity index (χ1) is 11.5. The lowest BCUT2D eigenvalue weighted by molar-refractivity contribution is 0.237. The third-order valence-electron chi connectivity index (χ3n) is 4.46. The number of nitrogens with one attached hydrogen (secondary N) is 1. The zero-order valence-electron chi connectivity index (χ0n) is 14.8. The van der Waals surface area contributed by atoms with Gasteiger partial charge in [0.1, 0.15) is 0 Å². The molecular formula is C19H26N4O. The largest absolute Gasteiger partial charge is 0.396 e. The average molecular weight is 326 g/mol. The first kappa shape index (κ1) is 18.2. The van der Waals surface area contributed by atoms with Gasteiger partial charge in [-0.1, -0.05) is 13.8 Å². The lowest BCUT2D eigenvalue weighted by atomic mass is 9.99. The van der Waals surface area contributed by atoms with Crippen LogP contribution in [0.5, 0.6) is 0 Å². The minimum Gasteiger partial charge on any atom is -0.396 e. The van der Waals surface area contributed by atoms with Crippen LogP contribution >= 0.6 is 0 Å². The van der Waals surface area contributed by atoms with E-state index in [0.29, 0.717) is 11.5 Å². The molecule has 5 heteroatoms. The molecule has 0 aliphatic rings. The molecule has 5 nitrogen and oxygen atoms in total. The van der Waals surface area contributed by atoms with Crippen molar-refractivity contribution in [2.24, 2.45) is 5.92 Å². The van der Waals surface area contributed by atoms with Crippen LogP contribution in [0.2, 0.25) is 0 Å². The maximum Gasteiger partial charge on any atom is 0.0991 e. The average Bonchev–Trinajstić information content (AvgIpc) is 2.96. The van der Waals surface area contributed by atoms with Crippen LogP contribution in [0, 0.1) is 24.2 Å². The Morgan fingerprint density at radius 2 is 1.92 bits per heavy atom. The van der Waals surface area contributed by atoms with Crippen molar-refractivity contribution in [1.82, 2.24) is 15.1 Å². The number of aliphatic hydroxyl groups excluding tert-OH is 1. The Bertz CT molecular complexity index is 697. The Labute approximate surface area is 143 Å². The molecule has 2 N–H and O–H groups in total. The van der Waals surface area contributed by atoms with Crippen LogP contribution in [-0.2, 0) is 0 Å². The van der Waals surface area contributed by atoms with Gasteiger partial charge < -0.3 is 10.4 Å². The van der Waals surface area contributed by atoms with Crippen molar-refractivity contribution < 1.29 is 5.11 Å². The Hall–Kier alpha value is -2.16. The van der Waals surface area contributed by atoms with E-state index in [1.54, 1.807) is 12.1 Å². The monoisotopic (exact) mass is 326 g/mol. The number of aromatic nitrogens is 2. The molecule has 2 aromatic rings. The first-order valence-corrected chi connectivity index (χ1v) is 8.39. The summed E-state index contributed by atoms with van der Waals surface area (Å²) in [5.41, 5.74) is 3.80. The first-order valence-electron chi connectivity index (χ1n) is 8.39. The number of nitrogens with zero attached hydrogens (tertiary/aromatic N) is 3. The van der Waals surface area contributed by atoms with Gasteiger partial charge in [-0.05, 0) is 50.5 Å². The molecule has 0 spiro atoms. The predicted octanol–water partition coefficient (Wildman–Crippen LogP) is 3.11. The van der Waals surface area contributed by atoms with E-state index in [0.717, 1.165) is 23.4 Å². The van der Waals surface area contributed by atoms with E-state index < -0.39 is 0 Å². The van der Waals surface area contributed by atoms with Crippen molar-refractivity contribution in [1.29, 1.82) is 5.26 Å². The summed E-state index contributed by atoms with van der Waals surface area (Å²) >= 11 is 0. The van der Waals surface area contributed by atoms with Crippen molar-refractivity contribution in [3.8, 4) is 11.8 Å². The predicted molar refractivity (Wildman–Crippen MR) is 94.9 cm³/mol. The minimum absolute atomic E-state index is 0.149. The van der Waals surface area contributed by atoms with Gasteiger partial charge in [-0.2, -0.15) is 10.4 Å². The van der Waals surface area contributed by atoms with Gasteiger partial charge in [0, 0.05) is 29.9 Å². The molecule has 0 bridgehead atoms. The fourth-order valence-corrected chi connectivity index (χ4v) is 2.94. The molecule has 0 aliphatic heterocycles. The second kappa shape index (κ2) is 8.09. The lowest BCUT2D eigenvalue weighted by Crippen LogP contribution is -2.36. The Kier molecular flexibility index (Phi) is 6.13. The van der Waals surface area contributed by atoms with Crippen LogP contribution in [0.15, 0.2) is 30.5 Å². The number of hydrogen-bond donors (Lipinski definition) is 2. The Balaban J connectivity index is 2.20. The highest BCUT2D eigenvalue weighted by atomic mass is 16.3. The van der Waals surface area contributed by atoms with Crippen LogP contribution in [0.25, 0.3) is 5.69 Å². The van der Waals surface area contributed by atoms with Gasteiger partial charge >= 0.3 is 0 Å². The standard InChI is InChI=1S/C19H26N4O/c1-13(2)19(9-10-24)22-14(3)18-12-21-23(15(18)4)17-7-5-16(11-20)6-8-17/h5-8,12-14,19,22,24H,9-10H2,1-4H3. The molecular weight excluding hydrogens is 300 g/mol. The second-order valence-electron chi connectivity index (χ2n) is 6.51. The normalized spacial score (nSPS) is 13.7. The topological polar surface area (TPSA) is 73.9 Å². The summed E-state index contributed by atoms with van der Waals surface area (Å²) in [5.74, 6) is 0.452. The molecule has 1 aromatic carbocycles. The van der Waals surface area contributed by atoms with E-state index in [1.807, 2.05) is 23.0 Å². The molecule has 2 atom stereocenters. The molecule has 1 heterocycles. The number of nitriles is 1. The molecule has 128 valence electrons. The molecule has 0 aliphatic carbocycles. The molecule has 24 heavy (non-hydrogen) atoms. The lowest BCUT2D eigenvalue weighted by Gasteiger charge is -2.26. The zero-order valence-corrected chi connectivity index (χ0v) is 14.8. The van der Waals surface area contributed by atoms with Gasteiger partial charge in [-0.3, -0.25) is 0 Å². The summed E-state index contributed by atoms with van der Waals surface area (Å²) in [6.45, 7) is 8.68. The summed E-state index contributed by atoms with van der Waals surface area (Å²) < 4.78 is 1.89. The molecule has 0 amide bonds. The van der Waals surface area contributed by atoms with Crippen LogP contribution in [0.1, 0.15) is 50.1 Å². The summed E-state index contributed by atoms with van der Waals surface area (Å²) in [6.07, 6.45) is 2.63. The molecule has 0 saturated carbocycles. The molecule has 0 radical (unpaired) electrons. The van der Waals surface area contributed by atoms with Gasteiger partial charge in [0.25, 0.3) is 0 Å².